The summed E-state index contributed by atoms with van der Waals surface area (Å²) in [6.45, 7) is 1.34. The molecule has 6 nitrogen and oxygen atoms in total. The molecule has 31 heavy (non-hydrogen) atoms. The minimum atomic E-state index is -0.249. The average molecular weight is 435 g/mol. The topological polar surface area (TPSA) is 67.2 Å². The lowest BCUT2D eigenvalue weighted by atomic mass is 10.0. The van der Waals surface area contributed by atoms with E-state index in [1.54, 1.807) is 33.9 Å². The van der Waals surface area contributed by atoms with Gasteiger partial charge in [0.05, 0.1) is 6.54 Å². The molecule has 0 radical (unpaired) electrons. The van der Waals surface area contributed by atoms with Crippen molar-refractivity contribution in [2.24, 2.45) is 7.05 Å². The van der Waals surface area contributed by atoms with Crippen LogP contribution in [0.3, 0.4) is 0 Å². The number of rotatable bonds is 5. The Morgan fingerprint density at radius 3 is 2.61 bits per heavy atom. The number of carbonyl (C=O) groups excluding carboxylic acids is 2. The molecule has 1 N–H and O–H groups in total. The lowest BCUT2D eigenvalue weighted by molar-refractivity contribution is -0.126. The van der Waals surface area contributed by atoms with E-state index in [9.17, 15) is 9.59 Å². The summed E-state index contributed by atoms with van der Waals surface area (Å²) < 4.78 is 1.74. The van der Waals surface area contributed by atoms with E-state index in [0.29, 0.717) is 36.8 Å². The number of aromatic nitrogens is 2. The van der Waals surface area contributed by atoms with Crippen LogP contribution >= 0.6 is 11.6 Å². The van der Waals surface area contributed by atoms with Gasteiger partial charge in [-0.05, 0) is 29.3 Å². The first-order chi connectivity index (χ1) is 15.0. The highest BCUT2D eigenvalue weighted by Crippen LogP contribution is 2.23. The van der Waals surface area contributed by atoms with Crippen LogP contribution < -0.4 is 5.32 Å². The highest BCUT2D eigenvalue weighted by atomic mass is 35.5. The van der Waals surface area contributed by atoms with Gasteiger partial charge in [0, 0.05) is 48.9 Å². The van der Waals surface area contributed by atoms with Crippen LogP contribution in [0.1, 0.15) is 32.9 Å². The molecule has 0 saturated carbocycles. The summed E-state index contributed by atoms with van der Waals surface area (Å²) in [5.41, 5.74) is 4.09. The molecular weight excluding hydrogens is 412 g/mol. The lowest BCUT2D eigenvalue weighted by Crippen LogP contribution is -2.36. The number of nitrogens with zero attached hydrogens (tertiary/aromatic N) is 3. The zero-order valence-electron chi connectivity index (χ0n) is 17.2. The first-order valence-electron chi connectivity index (χ1n) is 10.1. The average Bonchev–Trinajstić information content (AvgIpc) is 3.13. The fourth-order valence-electron chi connectivity index (χ4n) is 3.67. The molecule has 0 spiro atoms. The third-order valence-electron chi connectivity index (χ3n) is 5.35. The van der Waals surface area contributed by atoms with E-state index in [2.05, 4.69) is 10.4 Å². The van der Waals surface area contributed by atoms with Crippen LogP contribution in [-0.2, 0) is 31.4 Å². The molecule has 0 bridgehead atoms. The molecule has 1 aliphatic heterocycles. The summed E-state index contributed by atoms with van der Waals surface area (Å²) in [7, 11) is 1.83. The van der Waals surface area contributed by atoms with Crippen LogP contribution in [0.5, 0.6) is 0 Å². The minimum absolute atomic E-state index is 0.0779. The van der Waals surface area contributed by atoms with Crippen molar-refractivity contribution in [3.8, 4) is 0 Å². The Labute approximate surface area is 186 Å². The molecule has 0 saturated heterocycles. The maximum absolute atomic E-state index is 12.8. The molecule has 1 aliphatic rings. The van der Waals surface area contributed by atoms with Crippen molar-refractivity contribution in [2.45, 2.75) is 19.5 Å². The third kappa shape index (κ3) is 4.86. The molecule has 0 unspecified atom stereocenters. The Kier molecular flexibility index (Phi) is 6.18. The van der Waals surface area contributed by atoms with Gasteiger partial charge in [0.25, 0.3) is 5.91 Å². The molecule has 2 heterocycles. The number of amides is 2. The maximum Gasteiger partial charge on any atom is 0.272 e. The first-order valence-corrected chi connectivity index (χ1v) is 10.5. The van der Waals surface area contributed by atoms with Crippen molar-refractivity contribution < 1.29 is 9.59 Å². The van der Waals surface area contributed by atoms with Gasteiger partial charge in [-0.1, -0.05) is 54.1 Å². The minimum Gasteiger partial charge on any atom is -0.347 e. The van der Waals surface area contributed by atoms with Gasteiger partial charge in [0.15, 0.2) is 5.69 Å². The molecule has 7 heteroatoms. The Morgan fingerprint density at radius 1 is 1.13 bits per heavy atom. The van der Waals surface area contributed by atoms with Crippen LogP contribution in [0.2, 0.25) is 5.02 Å². The zero-order chi connectivity index (χ0) is 21.8. The highest BCUT2D eigenvalue weighted by Gasteiger charge is 2.28. The van der Waals surface area contributed by atoms with Crippen molar-refractivity contribution in [3.05, 3.63) is 93.8 Å². The second-order valence-electron chi connectivity index (χ2n) is 7.46. The molecule has 0 aliphatic carbocycles. The van der Waals surface area contributed by atoms with Crippen molar-refractivity contribution in [1.29, 1.82) is 0 Å². The first kappa shape index (κ1) is 20.9. The van der Waals surface area contributed by atoms with Gasteiger partial charge < -0.3 is 10.2 Å². The molecule has 2 aromatic carbocycles. The Hall–Kier alpha value is -3.38. The quantitative estimate of drug-likeness (QED) is 0.624. The van der Waals surface area contributed by atoms with Crippen LogP contribution in [0, 0.1) is 0 Å². The van der Waals surface area contributed by atoms with E-state index in [1.165, 1.54) is 0 Å². The van der Waals surface area contributed by atoms with E-state index in [0.717, 1.165) is 22.4 Å². The van der Waals surface area contributed by atoms with Gasteiger partial charge in [-0.3, -0.25) is 14.3 Å². The molecule has 0 atom stereocenters. The van der Waals surface area contributed by atoms with Gasteiger partial charge in [-0.2, -0.15) is 5.10 Å². The molecule has 1 aromatic heterocycles. The highest BCUT2D eigenvalue weighted by molar-refractivity contribution is 6.30. The second-order valence-corrected chi connectivity index (χ2v) is 7.90. The van der Waals surface area contributed by atoms with Gasteiger partial charge >= 0.3 is 0 Å². The molecule has 4 rings (SSSR count). The number of halogens is 1. The van der Waals surface area contributed by atoms with Crippen LogP contribution in [-0.4, -0.2) is 33.0 Å². The summed E-state index contributed by atoms with van der Waals surface area (Å²) >= 11 is 5.91. The monoisotopic (exact) mass is 434 g/mol. The van der Waals surface area contributed by atoms with Crippen molar-refractivity contribution >= 4 is 29.5 Å². The fourth-order valence-corrected chi connectivity index (χ4v) is 3.79. The second kappa shape index (κ2) is 9.18. The SMILES string of the molecule is Cn1nc(C(=O)NCc2ccc(Cl)cc2)c2c1CCN(C(=O)/C=C/c1ccccc1)C2. The number of fused-ring (bicyclic) bond motifs is 1. The molecule has 0 fully saturated rings. The number of carbonyl (C=O) groups is 2. The van der Waals surface area contributed by atoms with Crippen molar-refractivity contribution in [3.63, 3.8) is 0 Å². The van der Waals surface area contributed by atoms with Gasteiger partial charge in [0.2, 0.25) is 5.91 Å². The number of hydrogen-bond donors (Lipinski definition) is 1. The number of aryl methyl sites for hydroxylation is 1. The van der Waals surface area contributed by atoms with Gasteiger partial charge in [0.1, 0.15) is 0 Å². The molecule has 3 aromatic rings. The third-order valence-corrected chi connectivity index (χ3v) is 5.61. The largest absolute Gasteiger partial charge is 0.347 e. The van der Waals surface area contributed by atoms with E-state index in [-0.39, 0.29) is 11.8 Å². The van der Waals surface area contributed by atoms with E-state index >= 15 is 0 Å². The van der Waals surface area contributed by atoms with Crippen molar-refractivity contribution in [1.82, 2.24) is 20.0 Å². The Bertz CT molecular complexity index is 1120. The summed E-state index contributed by atoms with van der Waals surface area (Å²) in [4.78, 5) is 27.3. The van der Waals surface area contributed by atoms with E-state index in [1.807, 2.05) is 49.5 Å². The van der Waals surface area contributed by atoms with E-state index < -0.39 is 0 Å². The molecule has 158 valence electrons. The predicted molar refractivity (Wildman–Crippen MR) is 120 cm³/mol. The van der Waals surface area contributed by atoms with Crippen LogP contribution in [0.25, 0.3) is 6.08 Å². The van der Waals surface area contributed by atoms with E-state index in [4.69, 9.17) is 11.6 Å². The van der Waals surface area contributed by atoms with Crippen LogP contribution in [0.4, 0.5) is 0 Å². The van der Waals surface area contributed by atoms with Crippen molar-refractivity contribution in [2.75, 3.05) is 6.54 Å². The number of hydrogen-bond acceptors (Lipinski definition) is 3. The van der Waals surface area contributed by atoms with Gasteiger partial charge in [-0.15, -0.1) is 0 Å². The molecule has 2 amide bonds. The number of nitrogens with one attached hydrogen (secondary N) is 1. The maximum atomic E-state index is 12.8. The number of benzene rings is 2. The predicted octanol–water partition coefficient (Wildman–Crippen LogP) is 3.60. The Balaban J connectivity index is 1.45. The fraction of sp³-hybridized carbons (Fsp3) is 0.208. The standard InChI is InChI=1S/C24H23ClN4O2/c1-28-21-13-14-29(22(30)12-9-17-5-3-2-4-6-17)16-20(21)23(27-28)24(31)26-15-18-7-10-19(25)11-8-18/h2-12H,13-16H2,1H3,(H,26,31)/b12-9+. The summed E-state index contributed by atoms with van der Waals surface area (Å²) in [5.74, 6) is -0.327. The summed E-state index contributed by atoms with van der Waals surface area (Å²) in [5, 5.41) is 8.00. The smallest absolute Gasteiger partial charge is 0.272 e. The molecular formula is C24H23ClN4O2. The summed E-state index contributed by atoms with van der Waals surface area (Å²) in [6.07, 6.45) is 4.05. The normalized spacial score (nSPS) is 13.3. The summed E-state index contributed by atoms with van der Waals surface area (Å²) in [6, 6.07) is 17.0. The zero-order valence-corrected chi connectivity index (χ0v) is 18.0. The van der Waals surface area contributed by atoms with Crippen LogP contribution in [0.15, 0.2) is 60.7 Å². The van der Waals surface area contributed by atoms with Gasteiger partial charge in [-0.25, -0.2) is 0 Å². The Morgan fingerprint density at radius 2 is 1.87 bits per heavy atom. The lowest BCUT2D eigenvalue weighted by Gasteiger charge is -2.26.